The third kappa shape index (κ3) is 7.90. The molecule has 160 valence electrons. The van der Waals surface area contributed by atoms with Crippen LogP contribution in [0.3, 0.4) is 0 Å². The van der Waals surface area contributed by atoms with Crippen LogP contribution in [0.2, 0.25) is 0 Å². The lowest BCUT2D eigenvalue weighted by Gasteiger charge is -2.14. The van der Waals surface area contributed by atoms with E-state index in [4.69, 9.17) is 26.4 Å². The fourth-order valence-corrected chi connectivity index (χ4v) is 3.42. The Balaban J connectivity index is 1.80. The maximum atomic E-state index is 12.4. The highest BCUT2D eigenvalue weighted by molar-refractivity contribution is 9.11. The second kappa shape index (κ2) is 12.5. The number of benzene rings is 2. The molecule has 0 saturated carbocycles. The highest BCUT2D eigenvalue weighted by atomic mass is 79.9. The molecule has 2 aromatic carbocycles. The third-order valence-corrected chi connectivity index (χ3v) is 4.79. The summed E-state index contributed by atoms with van der Waals surface area (Å²) in [6.45, 7) is 0.439. The maximum Gasteiger partial charge on any atom is 0.276 e. The van der Waals surface area contributed by atoms with Crippen LogP contribution in [0.4, 0.5) is 0 Å². The van der Waals surface area contributed by atoms with Gasteiger partial charge in [-0.3, -0.25) is 25.8 Å². The minimum Gasteiger partial charge on any atom is -0.490 e. The average molecular weight is 561 g/mol. The molecule has 0 unspecified atom stereocenters. The quantitative estimate of drug-likeness (QED) is 0.259. The van der Waals surface area contributed by atoms with Crippen LogP contribution in [0.15, 0.2) is 51.4 Å². The number of carbonyl (C=O) groups excluding carboxylic acids is 2. The summed E-state index contributed by atoms with van der Waals surface area (Å²) in [6.07, 6.45) is 0. The zero-order valence-electron chi connectivity index (χ0n) is 15.9. The topological polar surface area (TPSA) is 97.9 Å². The molecule has 0 radical (unpaired) electrons. The van der Waals surface area contributed by atoms with Crippen molar-refractivity contribution in [3.05, 3.63) is 57.0 Å². The van der Waals surface area contributed by atoms with Crippen molar-refractivity contribution in [2.24, 2.45) is 0 Å². The Hall–Kier alpha value is -2.21. The summed E-state index contributed by atoms with van der Waals surface area (Å²) in [6, 6.07) is 12.0. The van der Waals surface area contributed by atoms with Gasteiger partial charge in [0.25, 0.3) is 11.8 Å². The van der Waals surface area contributed by atoms with Crippen LogP contribution in [0.25, 0.3) is 0 Å². The van der Waals surface area contributed by atoms with E-state index in [1.807, 2.05) is 0 Å². The van der Waals surface area contributed by atoms with Crippen LogP contribution in [0.5, 0.6) is 11.5 Å². The number of para-hydroxylation sites is 1. The third-order valence-electron chi connectivity index (χ3n) is 3.47. The van der Waals surface area contributed by atoms with Gasteiger partial charge < -0.3 is 14.2 Å². The Kier molecular flexibility index (Phi) is 10.0. The molecule has 0 heterocycles. The predicted octanol–water partition coefficient (Wildman–Crippen LogP) is 2.95. The van der Waals surface area contributed by atoms with Crippen molar-refractivity contribution in [3.8, 4) is 11.5 Å². The number of amides is 2. The first kappa shape index (κ1) is 24.1. The van der Waals surface area contributed by atoms with Crippen molar-refractivity contribution in [2.45, 2.75) is 0 Å². The van der Waals surface area contributed by atoms with E-state index in [0.717, 1.165) is 4.47 Å². The summed E-state index contributed by atoms with van der Waals surface area (Å²) >= 11 is 11.7. The minimum absolute atomic E-state index is 0.0788. The molecule has 3 N–H and O–H groups in total. The Morgan fingerprint density at radius 3 is 2.50 bits per heavy atom. The summed E-state index contributed by atoms with van der Waals surface area (Å²) in [5.41, 5.74) is 5.11. The molecular formula is C19H19Br2N3O5S. The van der Waals surface area contributed by atoms with Gasteiger partial charge in [-0.05, 0) is 58.5 Å². The van der Waals surface area contributed by atoms with E-state index >= 15 is 0 Å². The van der Waals surface area contributed by atoms with Gasteiger partial charge in [-0.2, -0.15) is 0 Å². The Morgan fingerprint density at radius 2 is 1.77 bits per heavy atom. The van der Waals surface area contributed by atoms with E-state index in [1.54, 1.807) is 49.6 Å². The van der Waals surface area contributed by atoms with Crippen molar-refractivity contribution in [2.75, 3.05) is 26.9 Å². The van der Waals surface area contributed by atoms with Crippen LogP contribution in [0, 0.1) is 0 Å². The van der Waals surface area contributed by atoms with E-state index in [1.165, 1.54) is 0 Å². The number of hydrogen-bond donors (Lipinski definition) is 3. The number of nitrogens with one attached hydrogen (secondary N) is 3. The summed E-state index contributed by atoms with van der Waals surface area (Å²) in [5.74, 6) is -0.0591. The van der Waals surface area contributed by atoms with Crippen molar-refractivity contribution in [1.82, 2.24) is 16.2 Å². The molecule has 2 amide bonds. The number of halogens is 2. The molecule has 11 heteroatoms. The summed E-state index contributed by atoms with van der Waals surface area (Å²) < 4.78 is 17.5. The Labute approximate surface area is 195 Å². The van der Waals surface area contributed by atoms with Gasteiger partial charge in [0.2, 0.25) is 0 Å². The van der Waals surface area contributed by atoms with E-state index in [9.17, 15) is 9.59 Å². The monoisotopic (exact) mass is 559 g/mol. The van der Waals surface area contributed by atoms with Crippen LogP contribution in [0.1, 0.15) is 10.4 Å². The lowest BCUT2D eigenvalue weighted by molar-refractivity contribution is -0.123. The summed E-state index contributed by atoms with van der Waals surface area (Å²) in [5, 5.41) is 2.39. The normalized spacial score (nSPS) is 10.1. The van der Waals surface area contributed by atoms with Crippen LogP contribution in [-0.4, -0.2) is 43.9 Å². The van der Waals surface area contributed by atoms with Crippen molar-refractivity contribution >= 4 is 61.0 Å². The molecule has 0 fully saturated rings. The van der Waals surface area contributed by atoms with Crippen molar-refractivity contribution in [3.63, 3.8) is 0 Å². The molecule has 30 heavy (non-hydrogen) atoms. The molecular weight excluding hydrogens is 542 g/mol. The largest absolute Gasteiger partial charge is 0.490 e. The van der Waals surface area contributed by atoms with Gasteiger partial charge in [-0.1, -0.05) is 28.1 Å². The average Bonchev–Trinajstić information content (AvgIpc) is 2.72. The highest BCUT2D eigenvalue weighted by Crippen LogP contribution is 2.28. The number of methoxy groups -OCH3 is 1. The number of thiocarbonyl (C=S) groups is 1. The first-order chi connectivity index (χ1) is 14.4. The Bertz CT molecular complexity index is 913. The molecule has 2 aromatic rings. The minimum atomic E-state index is -0.482. The highest BCUT2D eigenvalue weighted by Gasteiger charge is 2.14. The fraction of sp³-hybridized carbons (Fsp3) is 0.211. The van der Waals surface area contributed by atoms with E-state index in [2.05, 4.69) is 48.0 Å². The summed E-state index contributed by atoms with van der Waals surface area (Å²) in [7, 11) is 1.56. The number of rotatable bonds is 8. The van der Waals surface area contributed by atoms with Gasteiger partial charge in [-0.15, -0.1) is 0 Å². The standard InChI is InChI=1S/C19H19Br2N3O5S/c1-27-8-9-28-15-5-3-2-4-13(15)18(26)22-19(30)24-23-17(25)11-29-16-7-6-12(20)10-14(16)21/h2-7,10H,8-9,11H2,1H3,(H,23,25)(H2,22,24,26,30). The first-order valence-electron chi connectivity index (χ1n) is 8.59. The zero-order valence-corrected chi connectivity index (χ0v) is 19.9. The smallest absolute Gasteiger partial charge is 0.276 e. The SMILES string of the molecule is COCCOc1ccccc1C(=O)NC(=S)NNC(=O)COc1ccc(Br)cc1Br. The molecule has 2 rings (SSSR count). The van der Waals surface area contributed by atoms with E-state index in [0.29, 0.717) is 34.7 Å². The van der Waals surface area contributed by atoms with Gasteiger partial charge in [0.15, 0.2) is 11.7 Å². The maximum absolute atomic E-state index is 12.4. The lowest BCUT2D eigenvalue weighted by Crippen LogP contribution is -2.49. The van der Waals surface area contributed by atoms with Gasteiger partial charge in [0.05, 0.1) is 16.6 Å². The molecule has 0 bridgehead atoms. The summed E-state index contributed by atoms with van der Waals surface area (Å²) in [4.78, 5) is 24.4. The zero-order chi connectivity index (χ0) is 21.9. The molecule has 0 aliphatic heterocycles. The predicted molar refractivity (Wildman–Crippen MR) is 122 cm³/mol. The molecule has 0 aliphatic rings. The molecule has 0 saturated heterocycles. The van der Waals surface area contributed by atoms with Gasteiger partial charge in [0.1, 0.15) is 18.1 Å². The van der Waals surface area contributed by atoms with E-state index < -0.39 is 11.8 Å². The lowest BCUT2D eigenvalue weighted by atomic mass is 10.2. The van der Waals surface area contributed by atoms with Gasteiger partial charge in [-0.25, -0.2) is 0 Å². The molecule has 0 atom stereocenters. The fourth-order valence-electron chi connectivity index (χ4n) is 2.11. The number of hydrogen-bond acceptors (Lipinski definition) is 6. The molecule has 0 spiro atoms. The van der Waals surface area contributed by atoms with E-state index in [-0.39, 0.29) is 11.7 Å². The molecule has 0 aromatic heterocycles. The van der Waals surface area contributed by atoms with Crippen molar-refractivity contribution in [1.29, 1.82) is 0 Å². The number of carbonyl (C=O) groups is 2. The second-order valence-electron chi connectivity index (χ2n) is 5.66. The number of hydrazine groups is 1. The van der Waals surface area contributed by atoms with Crippen molar-refractivity contribution < 1.29 is 23.8 Å². The second-order valence-corrected chi connectivity index (χ2v) is 7.84. The van der Waals surface area contributed by atoms with Gasteiger partial charge in [0, 0.05) is 11.6 Å². The molecule has 0 aliphatic carbocycles. The van der Waals surface area contributed by atoms with Crippen LogP contribution < -0.4 is 25.6 Å². The number of ether oxygens (including phenoxy) is 3. The van der Waals surface area contributed by atoms with Crippen LogP contribution >= 0.6 is 44.1 Å². The van der Waals surface area contributed by atoms with Gasteiger partial charge >= 0.3 is 0 Å². The Morgan fingerprint density at radius 1 is 1.00 bits per heavy atom. The molecule has 8 nitrogen and oxygen atoms in total. The van der Waals surface area contributed by atoms with Crippen LogP contribution in [-0.2, 0) is 9.53 Å². The first-order valence-corrected chi connectivity index (χ1v) is 10.6.